The molecule has 2 N–H and O–H groups in total. The van der Waals surface area contributed by atoms with Crippen molar-refractivity contribution in [1.82, 2.24) is 5.32 Å². The van der Waals surface area contributed by atoms with Gasteiger partial charge in [-0.2, -0.15) is 11.3 Å². The number of carbonyl (C=O) groups is 1. The Morgan fingerprint density at radius 2 is 2.17 bits per heavy atom. The third-order valence-corrected chi connectivity index (χ3v) is 4.00. The van der Waals surface area contributed by atoms with Crippen molar-refractivity contribution in [3.05, 3.63) is 56.3 Å². The predicted octanol–water partition coefficient (Wildman–Crippen LogP) is 2.19. The normalized spacial score (nSPS) is 11.8. The molecule has 23 heavy (non-hydrogen) atoms. The van der Waals surface area contributed by atoms with E-state index < -0.39 is 16.9 Å². The molecule has 8 heteroatoms. The van der Waals surface area contributed by atoms with Gasteiger partial charge < -0.3 is 15.3 Å². The van der Waals surface area contributed by atoms with Crippen molar-refractivity contribution in [1.29, 1.82) is 0 Å². The summed E-state index contributed by atoms with van der Waals surface area (Å²) in [6.07, 6.45) is -0.813. The zero-order valence-corrected chi connectivity index (χ0v) is 13.5. The number of thiophene rings is 1. The number of benzene rings is 1. The van der Waals surface area contributed by atoms with E-state index in [0.29, 0.717) is 5.69 Å². The summed E-state index contributed by atoms with van der Waals surface area (Å²) < 4.78 is 0. The lowest BCUT2D eigenvalue weighted by molar-refractivity contribution is -0.384. The number of rotatable bonds is 6. The van der Waals surface area contributed by atoms with Crippen LogP contribution >= 0.6 is 11.3 Å². The third kappa shape index (κ3) is 4.05. The van der Waals surface area contributed by atoms with Crippen LogP contribution in [-0.2, 0) is 0 Å². The molecule has 122 valence electrons. The summed E-state index contributed by atoms with van der Waals surface area (Å²) >= 11 is 1.46. The molecule has 7 nitrogen and oxygen atoms in total. The molecule has 1 amide bonds. The van der Waals surface area contributed by atoms with Crippen molar-refractivity contribution >= 4 is 28.6 Å². The van der Waals surface area contributed by atoms with Gasteiger partial charge in [-0.05, 0) is 28.5 Å². The number of non-ortho nitro benzene ring substituents is 1. The fourth-order valence-electron chi connectivity index (χ4n) is 2.08. The van der Waals surface area contributed by atoms with Crippen LogP contribution in [0.5, 0.6) is 0 Å². The zero-order valence-electron chi connectivity index (χ0n) is 12.7. The lowest BCUT2D eigenvalue weighted by Crippen LogP contribution is -2.29. The predicted molar refractivity (Wildman–Crippen MR) is 89.0 cm³/mol. The molecule has 0 aliphatic heterocycles. The molecule has 1 unspecified atom stereocenters. The van der Waals surface area contributed by atoms with E-state index in [1.54, 1.807) is 30.4 Å². The Morgan fingerprint density at radius 3 is 2.74 bits per heavy atom. The van der Waals surface area contributed by atoms with Gasteiger partial charge in [-0.3, -0.25) is 14.9 Å². The smallest absolute Gasteiger partial charge is 0.270 e. The van der Waals surface area contributed by atoms with Gasteiger partial charge >= 0.3 is 0 Å². The van der Waals surface area contributed by atoms with Gasteiger partial charge in [0.1, 0.15) is 0 Å². The molecule has 1 atom stereocenters. The molecule has 0 radical (unpaired) electrons. The Morgan fingerprint density at radius 1 is 1.43 bits per heavy atom. The van der Waals surface area contributed by atoms with Crippen LogP contribution in [0.4, 0.5) is 11.4 Å². The minimum absolute atomic E-state index is 0.0329. The Bertz CT molecular complexity index is 701. The van der Waals surface area contributed by atoms with Crippen LogP contribution < -0.4 is 10.2 Å². The summed E-state index contributed by atoms with van der Waals surface area (Å²) in [5.74, 6) is -0.466. The average molecular weight is 335 g/mol. The molecule has 0 spiro atoms. The lowest BCUT2D eigenvalue weighted by atomic mass is 10.1. The summed E-state index contributed by atoms with van der Waals surface area (Å²) in [6, 6.07) is 5.90. The maximum absolute atomic E-state index is 12.3. The van der Waals surface area contributed by atoms with Crippen LogP contribution in [0, 0.1) is 10.1 Å². The molecule has 1 aromatic carbocycles. The number of aliphatic hydroxyl groups excluding tert-OH is 1. The van der Waals surface area contributed by atoms with Gasteiger partial charge in [0.2, 0.25) is 0 Å². The zero-order chi connectivity index (χ0) is 17.0. The topological polar surface area (TPSA) is 95.7 Å². The molecule has 0 saturated carbocycles. The van der Waals surface area contributed by atoms with Crippen LogP contribution in [0.3, 0.4) is 0 Å². The molecule has 0 aliphatic carbocycles. The second-order valence-corrected chi connectivity index (χ2v) is 5.92. The van der Waals surface area contributed by atoms with Crippen molar-refractivity contribution in [3.8, 4) is 0 Å². The number of nitro benzene ring substituents is 1. The van der Waals surface area contributed by atoms with Crippen LogP contribution in [0.15, 0.2) is 35.0 Å². The maximum atomic E-state index is 12.3. The molecule has 0 bridgehead atoms. The minimum atomic E-state index is -0.813. The molecule has 2 rings (SSSR count). The van der Waals surface area contributed by atoms with Crippen LogP contribution in [0.25, 0.3) is 0 Å². The van der Waals surface area contributed by atoms with E-state index in [2.05, 4.69) is 5.32 Å². The Balaban J connectivity index is 2.17. The summed E-state index contributed by atoms with van der Waals surface area (Å²) in [7, 11) is 3.50. The maximum Gasteiger partial charge on any atom is 0.270 e. The van der Waals surface area contributed by atoms with Gasteiger partial charge in [0, 0.05) is 38.5 Å². The Labute approximate surface area is 137 Å². The fraction of sp³-hybridized carbons (Fsp3) is 0.267. The summed E-state index contributed by atoms with van der Waals surface area (Å²) in [4.78, 5) is 24.4. The summed E-state index contributed by atoms with van der Waals surface area (Å²) in [5, 5.41) is 27.2. The number of nitrogens with one attached hydrogen (secondary N) is 1. The van der Waals surface area contributed by atoms with E-state index in [1.807, 2.05) is 5.38 Å². The first-order chi connectivity index (χ1) is 10.9. The standard InChI is InChI=1S/C15H17N3O4S/c1-17(2)13-4-3-11(18(21)22)7-12(13)15(20)16-8-14(19)10-5-6-23-9-10/h3-7,9,14,19H,8H2,1-2H3,(H,16,20). The van der Waals surface area contributed by atoms with E-state index >= 15 is 0 Å². The molecule has 2 aromatic rings. The molecule has 0 fully saturated rings. The SMILES string of the molecule is CN(C)c1ccc([N+](=O)[O-])cc1C(=O)NCC(O)c1ccsc1. The number of anilines is 1. The monoisotopic (exact) mass is 335 g/mol. The summed E-state index contributed by atoms with van der Waals surface area (Å²) in [5.41, 5.74) is 1.33. The van der Waals surface area contributed by atoms with Crippen LogP contribution in [0.2, 0.25) is 0 Å². The lowest BCUT2D eigenvalue weighted by Gasteiger charge is -2.17. The number of carbonyl (C=O) groups excluding carboxylic acids is 1. The Kier molecular flexibility index (Phi) is 5.30. The van der Waals surface area contributed by atoms with Gasteiger partial charge in [0.15, 0.2) is 0 Å². The molecule has 0 aliphatic rings. The second-order valence-electron chi connectivity index (χ2n) is 5.14. The number of nitro groups is 1. The number of hydrogen-bond acceptors (Lipinski definition) is 6. The van der Waals surface area contributed by atoms with E-state index in [0.717, 1.165) is 5.56 Å². The van der Waals surface area contributed by atoms with Crippen molar-refractivity contribution in [2.45, 2.75) is 6.10 Å². The van der Waals surface area contributed by atoms with Gasteiger partial charge in [-0.1, -0.05) is 0 Å². The van der Waals surface area contributed by atoms with E-state index in [1.165, 1.54) is 29.5 Å². The second kappa shape index (κ2) is 7.21. The van der Waals surface area contributed by atoms with E-state index in [-0.39, 0.29) is 17.8 Å². The first-order valence-electron chi connectivity index (χ1n) is 6.84. The van der Waals surface area contributed by atoms with Gasteiger partial charge in [-0.15, -0.1) is 0 Å². The van der Waals surface area contributed by atoms with Gasteiger partial charge in [0.25, 0.3) is 11.6 Å². The number of amides is 1. The van der Waals surface area contributed by atoms with E-state index in [4.69, 9.17) is 0 Å². The highest BCUT2D eigenvalue weighted by Gasteiger charge is 2.19. The molecular weight excluding hydrogens is 318 g/mol. The number of aliphatic hydroxyl groups is 1. The third-order valence-electron chi connectivity index (χ3n) is 3.30. The van der Waals surface area contributed by atoms with Crippen LogP contribution in [0.1, 0.15) is 22.0 Å². The quantitative estimate of drug-likeness (QED) is 0.623. The van der Waals surface area contributed by atoms with Crippen LogP contribution in [-0.4, -0.2) is 36.6 Å². The first kappa shape index (κ1) is 16.9. The highest BCUT2D eigenvalue weighted by atomic mass is 32.1. The van der Waals surface area contributed by atoms with Crippen molar-refractivity contribution in [3.63, 3.8) is 0 Å². The fourth-order valence-corrected chi connectivity index (χ4v) is 2.78. The summed E-state index contributed by atoms with van der Waals surface area (Å²) in [6.45, 7) is 0.0329. The van der Waals surface area contributed by atoms with Crippen molar-refractivity contribution in [2.75, 3.05) is 25.5 Å². The number of hydrogen-bond donors (Lipinski definition) is 2. The molecule has 1 heterocycles. The first-order valence-corrected chi connectivity index (χ1v) is 7.78. The average Bonchev–Trinajstić information content (AvgIpc) is 3.05. The minimum Gasteiger partial charge on any atom is -0.387 e. The Hall–Kier alpha value is -2.45. The highest BCUT2D eigenvalue weighted by Crippen LogP contribution is 2.24. The molecule has 1 aromatic heterocycles. The highest BCUT2D eigenvalue weighted by molar-refractivity contribution is 7.07. The number of nitrogens with zero attached hydrogens (tertiary/aromatic N) is 2. The van der Waals surface area contributed by atoms with Crippen molar-refractivity contribution < 1.29 is 14.8 Å². The van der Waals surface area contributed by atoms with Gasteiger partial charge in [-0.25, -0.2) is 0 Å². The molecular formula is C15H17N3O4S. The largest absolute Gasteiger partial charge is 0.387 e. The van der Waals surface area contributed by atoms with Crippen molar-refractivity contribution in [2.24, 2.45) is 0 Å². The molecule has 0 saturated heterocycles. The van der Waals surface area contributed by atoms with Gasteiger partial charge in [0.05, 0.1) is 16.6 Å². The van der Waals surface area contributed by atoms with E-state index in [9.17, 15) is 20.0 Å².